The van der Waals surface area contributed by atoms with Crippen LogP contribution in [0, 0.1) is 22.2 Å². The first-order chi connectivity index (χ1) is 10.6. The van der Waals surface area contributed by atoms with Gasteiger partial charge in [0.25, 0.3) is 0 Å². The maximum Gasteiger partial charge on any atom is 0.223 e. The number of likely N-dealkylation sites (tertiary alicyclic amines) is 1. The average Bonchev–Trinajstić information content (AvgIpc) is 2.20. The van der Waals surface area contributed by atoms with Gasteiger partial charge in [-0.1, -0.05) is 76.2 Å². The zero-order valence-corrected chi connectivity index (χ0v) is 20.1. The molecule has 1 unspecified atom stereocenters. The molecule has 1 atom stereocenters. The molecule has 152 valence electrons. The van der Waals surface area contributed by atoms with E-state index < -0.39 is 0 Å². The number of amides is 1. The molecule has 1 rings (SSSR count). The highest BCUT2D eigenvalue weighted by Gasteiger charge is 2.36. The van der Waals surface area contributed by atoms with Crippen LogP contribution in [-0.4, -0.2) is 22.9 Å². The van der Waals surface area contributed by atoms with Crippen LogP contribution in [0.2, 0.25) is 0 Å². The summed E-state index contributed by atoms with van der Waals surface area (Å²) in [5.74, 6) is 0.872. The van der Waals surface area contributed by atoms with Crippen molar-refractivity contribution in [3.05, 3.63) is 0 Å². The lowest BCUT2D eigenvalue weighted by atomic mass is 9.74. The van der Waals surface area contributed by atoms with Crippen molar-refractivity contribution >= 4 is 5.91 Å². The van der Waals surface area contributed by atoms with E-state index in [1.54, 1.807) is 0 Å². The van der Waals surface area contributed by atoms with E-state index in [1.807, 2.05) is 4.90 Å². The van der Waals surface area contributed by atoms with Crippen LogP contribution in [0.5, 0.6) is 0 Å². The van der Waals surface area contributed by atoms with Crippen molar-refractivity contribution in [2.75, 3.05) is 6.54 Å². The summed E-state index contributed by atoms with van der Waals surface area (Å²) in [7, 11) is 0. The summed E-state index contributed by atoms with van der Waals surface area (Å²) < 4.78 is 0. The number of carbonyl (C=O) groups excluding carboxylic acids is 1. The van der Waals surface area contributed by atoms with Gasteiger partial charge >= 0.3 is 0 Å². The first-order valence-electron chi connectivity index (χ1n) is 9.93. The van der Waals surface area contributed by atoms with Crippen molar-refractivity contribution in [3.8, 4) is 0 Å². The SMILES string of the molecule is CC(C)(C)C.CC(C)(C)C.CC(C)(C)C1CCN(C(C)(C)C)C(=O)C1. The van der Waals surface area contributed by atoms with Crippen molar-refractivity contribution in [2.24, 2.45) is 22.2 Å². The van der Waals surface area contributed by atoms with Crippen molar-refractivity contribution in [2.45, 2.75) is 115 Å². The van der Waals surface area contributed by atoms with Gasteiger partial charge in [0.05, 0.1) is 0 Å². The largest absolute Gasteiger partial charge is 0.338 e. The highest BCUT2D eigenvalue weighted by Crippen LogP contribution is 2.36. The van der Waals surface area contributed by atoms with Crippen LogP contribution in [-0.2, 0) is 4.79 Å². The molecule has 25 heavy (non-hydrogen) atoms. The fourth-order valence-electron chi connectivity index (χ4n) is 2.28. The summed E-state index contributed by atoms with van der Waals surface area (Å²) in [5, 5.41) is 0. The van der Waals surface area contributed by atoms with Crippen molar-refractivity contribution in [3.63, 3.8) is 0 Å². The van der Waals surface area contributed by atoms with Crippen LogP contribution in [0.1, 0.15) is 110 Å². The first kappa shape index (κ1) is 26.7. The minimum absolute atomic E-state index is 0.0140. The molecule has 0 aromatic carbocycles. The molecule has 1 saturated heterocycles. The predicted molar refractivity (Wildman–Crippen MR) is 114 cm³/mol. The third-order valence-corrected chi connectivity index (χ3v) is 3.46. The van der Waals surface area contributed by atoms with E-state index in [0.29, 0.717) is 22.7 Å². The summed E-state index contributed by atoms with van der Waals surface area (Å²) in [6.45, 7) is 31.5. The smallest absolute Gasteiger partial charge is 0.223 e. The van der Waals surface area contributed by atoms with Gasteiger partial charge < -0.3 is 4.90 Å². The van der Waals surface area contributed by atoms with Crippen LogP contribution in [0.3, 0.4) is 0 Å². The molecule has 1 aliphatic heterocycles. The summed E-state index contributed by atoms with van der Waals surface area (Å²) in [5.41, 5.74) is 1.25. The van der Waals surface area contributed by atoms with Crippen LogP contribution in [0.15, 0.2) is 0 Å². The Morgan fingerprint density at radius 1 is 0.720 bits per heavy atom. The molecule has 2 nitrogen and oxygen atoms in total. The molecule has 2 heteroatoms. The first-order valence-corrected chi connectivity index (χ1v) is 9.93. The second kappa shape index (κ2) is 9.42. The van der Waals surface area contributed by atoms with E-state index in [4.69, 9.17) is 0 Å². The maximum atomic E-state index is 12.0. The number of rotatable bonds is 0. The standard InChI is InChI=1S/C13H25NO.2C5H12/c1-12(2,3)10-7-8-14(11(15)9-10)13(4,5)6;2*1-5(2,3)4/h10H,7-9H2,1-6H3;2*1-4H3. The Labute approximate surface area is 160 Å². The topological polar surface area (TPSA) is 20.3 Å². The fourth-order valence-corrected chi connectivity index (χ4v) is 2.28. The molecule has 0 aliphatic carbocycles. The third kappa shape index (κ3) is 18.1. The van der Waals surface area contributed by atoms with E-state index in [2.05, 4.69) is 96.9 Å². The van der Waals surface area contributed by atoms with Gasteiger partial charge in [-0.15, -0.1) is 0 Å². The highest BCUT2D eigenvalue weighted by atomic mass is 16.2. The Morgan fingerprint density at radius 2 is 1.04 bits per heavy atom. The maximum absolute atomic E-state index is 12.0. The summed E-state index contributed by atoms with van der Waals surface area (Å²) in [6.07, 6.45) is 1.87. The van der Waals surface area contributed by atoms with E-state index in [-0.39, 0.29) is 11.0 Å². The summed E-state index contributed by atoms with van der Waals surface area (Å²) in [6, 6.07) is 0. The lowest BCUT2D eigenvalue weighted by Crippen LogP contribution is -2.51. The van der Waals surface area contributed by atoms with E-state index >= 15 is 0 Å². The fraction of sp³-hybridized carbons (Fsp3) is 0.957. The Balaban J connectivity index is 0. The number of nitrogens with zero attached hydrogens (tertiary/aromatic N) is 1. The second-order valence-electron chi connectivity index (χ2n) is 12.8. The number of hydrogen-bond donors (Lipinski definition) is 0. The molecule has 1 heterocycles. The third-order valence-electron chi connectivity index (χ3n) is 3.46. The molecule has 1 fully saturated rings. The minimum atomic E-state index is -0.0140. The molecule has 0 N–H and O–H groups in total. The molecule has 0 bridgehead atoms. The Hall–Kier alpha value is -0.530. The number of piperidine rings is 1. The van der Waals surface area contributed by atoms with Crippen LogP contribution in [0.4, 0.5) is 0 Å². The van der Waals surface area contributed by atoms with Gasteiger partial charge in [-0.2, -0.15) is 0 Å². The van der Waals surface area contributed by atoms with Gasteiger partial charge in [0.2, 0.25) is 5.91 Å². The van der Waals surface area contributed by atoms with Gasteiger partial charge in [0, 0.05) is 18.5 Å². The van der Waals surface area contributed by atoms with Gasteiger partial charge in [0.1, 0.15) is 0 Å². The van der Waals surface area contributed by atoms with Crippen LogP contribution < -0.4 is 0 Å². The van der Waals surface area contributed by atoms with E-state index in [0.717, 1.165) is 19.4 Å². The zero-order chi connectivity index (χ0) is 20.9. The summed E-state index contributed by atoms with van der Waals surface area (Å²) in [4.78, 5) is 14.0. The normalized spacial score (nSPS) is 19.5. The lowest BCUT2D eigenvalue weighted by molar-refractivity contribution is -0.142. The van der Waals surface area contributed by atoms with Gasteiger partial charge in [-0.3, -0.25) is 4.79 Å². The van der Waals surface area contributed by atoms with Gasteiger partial charge in [-0.05, 0) is 49.4 Å². The average molecular weight is 356 g/mol. The minimum Gasteiger partial charge on any atom is -0.338 e. The quantitative estimate of drug-likeness (QED) is 0.451. The van der Waals surface area contributed by atoms with Crippen LogP contribution >= 0.6 is 0 Å². The number of hydrogen-bond acceptors (Lipinski definition) is 1. The zero-order valence-electron chi connectivity index (χ0n) is 20.1. The molecule has 0 aromatic rings. The van der Waals surface area contributed by atoms with Gasteiger partial charge in [-0.25, -0.2) is 0 Å². The Bertz CT molecular complexity index is 358. The molecule has 1 amide bonds. The number of carbonyl (C=O) groups is 1. The van der Waals surface area contributed by atoms with E-state index in [9.17, 15) is 4.79 Å². The Morgan fingerprint density at radius 3 is 1.24 bits per heavy atom. The van der Waals surface area contributed by atoms with Crippen molar-refractivity contribution < 1.29 is 4.79 Å². The molecular formula is C23H49NO. The summed E-state index contributed by atoms with van der Waals surface area (Å²) >= 11 is 0. The Kier molecular flexibility index (Phi) is 10.1. The lowest BCUT2D eigenvalue weighted by Gasteiger charge is -2.44. The molecule has 0 saturated carbocycles. The molecular weight excluding hydrogens is 306 g/mol. The predicted octanol–water partition coefficient (Wildman–Crippen LogP) is 7.17. The van der Waals surface area contributed by atoms with Gasteiger partial charge in [0.15, 0.2) is 0 Å². The molecule has 0 aromatic heterocycles. The monoisotopic (exact) mass is 355 g/mol. The molecule has 0 radical (unpaired) electrons. The van der Waals surface area contributed by atoms with E-state index in [1.165, 1.54) is 0 Å². The van der Waals surface area contributed by atoms with Crippen LogP contribution in [0.25, 0.3) is 0 Å². The van der Waals surface area contributed by atoms with Crippen molar-refractivity contribution in [1.82, 2.24) is 4.90 Å². The van der Waals surface area contributed by atoms with Crippen molar-refractivity contribution in [1.29, 1.82) is 0 Å². The highest BCUT2D eigenvalue weighted by molar-refractivity contribution is 5.78. The molecule has 1 aliphatic rings. The molecule has 0 spiro atoms. The second-order valence-corrected chi connectivity index (χ2v) is 12.8.